The highest BCUT2D eigenvalue weighted by Gasteiger charge is 2.16. The van der Waals surface area contributed by atoms with Gasteiger partial charge in [-0.1, -0.05) is 19.0 Å². The van der Waals surface area contributed by atoms with E-state index in [9.17, 15) is 4.39 Å². The van der Waals surface area contributed by atoms with E-state index in [2.05, 4.69) is 37.0 Å². The molecule has 0 amide bonds. The average Bonchev–Trinajstić information content (AvgIpc) is 2.47. The molecule has 24 heavy (non-hydrogen) atoms. The van der Waals surface area contributed by atoms with E-state index in [4.69, 9.17) is 14.3 Å². The van der Waals surface area contributed by atoms with Gasteiger partial charge in [-0.25, -0.2) is 4.39 Å². The molecular weight excluding hydrogens is 445 g/mol. The lowest BCUT2D eigenvalue weighted by atomic mass is 10.0. The van der Waals surface area contributed by atoms with Gasteiger partial charge in [0.05, 0.1) is 9.10 Å². The third kappa shape index (κ3) is 7.66. The molecule has 0 heterocycles. The number of nitrogens with zero attached hydrogens (tertiary/aromatic N) is 1. The van der Waals surface area contributed by atoms with Crippen LogP contribution in [-0.4, -0.2) is 25.5 Å². The quantitative estimate of drug-likeness (QED) is 0.264. The lowest BCUT2D eigenvalue weighted by Crippen LogP contribution is -2.09. The first-order valence-corrected chi connectivity index (χ1v) is 9.13. The molecule has 4 nitrogen and oxygen atoms in total. The van der Waals surface area contributed by atoms with E-state index in [1.165, 1.54) is 6.07 Å². The Balaban J connectivity index is 2.80. The predicted octanol–water partition coefficient (Wildman–Crippen LogP) is 5.75. The van der Waals surface area contributed by atoms with Crippen molar-refractivity contribution in [2.24, 2.45) is 5.16 Å². The lowest BCUT2D eigenvalue weighted by molar-refractivity contribution is 0.105. The van der Waals surface area contributed by atoms with Gasteiger partial charge in [-0.3, -0.25) is 0 Å². The zero-order chi connectivity index (χ0) is 18.1. The van der Waals surface area contributed by atoms with Crippen LogP contribution in [0, 0.1) is 5.82 Å². The van der Waals surface area contributed by atoms with Crippen molar-refractivity contribution < 1.29 is 18.7 Å². The van der Waals surface area contributed by atoms with Crippen molar-refractivity contribution in [1.82, 2.24) is 0 Å². The topological polar surface area (TPSA) is 40.0 Å². The molecule has 0 saturated heterocycles. The SMILES string of the molecule is CC(C)=NOCCOc1c(F)cc(OCC=C(Br)Br)cc1C(C)C. The van der Waals surface area contributed by atoms with Crippen LogP contribution in [0.25, 0.3) is 0 Å². The molecule has 0 N–H and O–H groups in total. The number of halogens is 3. The smallest absolute Gasteiger partial charge is 0.169 e. The number of hydrogen-bond donors (Lipinski definition) is 0. The maximum absolute atomic E-state index is 14.4. The molecule has 134 valence electrons. The molecule has 1 aromatic carbocycles. The standard InChI is InChI=1S/C17H22Br2FNO3/c1-11(2)14-9-13(22-6-5-16(18)19)10-15(20)17(14)23-7-8-24-21-12(3)4/h5,9-11H,6-8H2,1-4H3. The molecule has 0 fully saturated rings. The van der Waals surface area contributed by atoms with Crippen molar-refractivity contribution >= 4 is 37.6 Å². The Morgan fingerprint density at radius 1 is 1.21 bits per heavy atom. The second kappa shape index (κ2) is 10.7. The highest BCUT2D eigenvalue weighted by molar-refractivity contribution is 9.28. The number of hydrogen-bond acceptors (Lipinski definition) is 4. The van der Waals surface area contributed by atoms with Crippen molar-refractivity contribution in [1.29, 1.82) is 0 Å². The number of ether oxygens (including phenoxy) is 2. The Hall–Kier alpha value is -1.08. The molecule has 0 radical (unpaired) electrons. The molecule has 0 aliphatic rings. The fourth-order valence-corrected chi connectivity index (χ4v) is 2.07. The van der Waals surface area contributed by atoms with Crippen LogP contribution in [0.5, 0.6) is 11.5 Å². The van der Waals surface area contributed by atoms with Crippen LogP contribution in [0.3, 0.4) is 0 Å². The Morgan fingerprint density at radius 3 is 2.50 bits per heavy atom. The van der Waals surface area contributed by atoms with Gasteiger partial charge in [0.25, 0.3) is 0 Å². The minimum Gasteiger partial charge on any atom is -0.489 e. The average molecular weight is 467 g/mol. The third-order valence-electron chi connectivity index (χ3n) is 2.82. The van der Waals surface area contributed by atoms with Crippen LogP contribution >= 0.6 is 31.9 Å². The molecule has 1 aromatic rings. The third-order valence-corrected chi connectivity index (χ3v) is 3.47. The monoisotopic (exact) mass is 465 g/mol. The molecule has 0 aliphatic carbocycles. The first-order valence-electron chi connectivity index (χ1n) is 7.54. The molecule has 1 rings (SSSR count). The van der Waals surface area contributed by atoms with E-state index in [1.54, 1.807) is 12.1 Å². The van der Waals surface area contributed by atoms with Crippen LogP contribution in [0.15, 0.2) is 26.8 Å². The number of oxime groups is 1. The lowest BCUT2D eigenvalue weighted by Gasteiger charge is -2.16. The summed E-state index contributed by atoms with van der Waals surface area (Å²) in [5.41, 5.74) is 1.57. The Labute approximate surface area is 159 Å². The van der Waals surface area contributed by atoms with E-state index >= 15 is 0 Å². The van der Waals surface area contributed by atoms with Gasteiger partial charge in [-0.05, 0) is 63.8 Å². The maximum atomic E-state index is 14.4. The predicted molar refractivity (Wildman–Crippen MR) is 102 cm³/mol. The summed E-state index contributed by atoms with van der Waals surface area (Å²) in [6, 6.07) is 3.13. The van der Waals surface area contributed by atoms with Crippen LogP contribution in [-0.2, 0) is 4.84 Å². The Morgan fingerprint density at radius 2 is 1.92 bits per heavy atom. The first-order chi connectivity index (χ1) is 11.3. The summed E-state index contributed by atoms with van der Waals surface area (Å²) in [4.78, 5) is 5.06. The van der Waals surface area contributed by atoms with Crippen LogP contribution in [0.2, 0.25) is 0 Å². The first kappa shape index (κ1) is 21.0. The van der Waals surface area contributed by atoms with Gasteiger partial charge in [-0.2, -0.15) is 0 Å². The highest BCUT2D eigenvalue weighted by Crippen LogP contribution is 2.33. The van der Waals surface area contributed by atoms with E-state index in [0.717, 1.165) is 14.7 Å². The maximum Gasteiger partial charge on any atom is 0.169 e. The molecule has 0 unspecified atom stereocenters. The van der Waals surface area contributed by atoms with Gasteiger partial charge in [0, 0.05) is 11.6 Å². The summed E-state index contributed by atoms with van der Waals surface area (Å²) in [5.74, 6) is 0.334. The molecule has 7 heteroatoms. The molecule has 0 bridgehead atoms. The van der Waals surface area contributed by atoms with E-state index in [-0.39, 0.29) is 24.9 Å². The van der Waals surface area contributed by atoms with Gasteiger partial charge in [0.15, 0.2) is 18.2 Å². The minimum atomic E-state index is -0.451. The summed E-state index contributed by atoms with van der Waals surface area (Å²) >= 11 is 6.49. The molecule has 0 spiro atoms. The van der Waals surface area contributed by atoms with Gasteiger partial charge >= 0.3 is 0 Å². The zero-order valence-electron chi connectivity index (χ0n) is 14.2. The number of benzene rings is 1. The second-order valence-corrected chi connectivity index (χ2v) is 8.28. The van der Waals surface area contributed by atoms with E-state index in [0.29, 0.717) is 12.4 Å². The van der Waals surface area contributed by atoms with Gasteiger partial charge in [-0.15, -0.1) is 0 Å². The summed E-state index contributed by atoms with van der Waals surface area (Å²) in [6.07, 6.45) is 1.78. The fourth-order valence-electron chi connectivity index (χ4n) is 1.81. The van der Waals surface area contributed by atoms with Gasteiger partial charge < -0.3 is 14.3 Å². The molecular formula is C17H22Br2FNO3. The van der Waals surface area contributed by atoms with Crippen molar-refractivity contribution in [2.45, 2.75) is 33.6 Å². The molecule has 0 aromatic heterocycles. The summed E-state index contributed by atoms with van der Waals surface area (Å²) < 4.78 is 26.3. The van der Waals surface area contributed by atoms with Crippen LogP contribution in [0.4, 0.5) is 4.39 Å². The van der Waals surface area contributed by atoms with Crippen LogP contribution < -0.4 is 9.47 Å². The highest BCUT2D eigenvalue weighted by atomic mass is 79.9. The second-order valence-electron chi connectivity index (χ2n) is 5.50. The van der Waals surface area contributed by atoms with Crippen molar-refractivity contribution in [3.8, 4) is 11.5 Å². The summed E-state index contributed by atoms with van der Waals surface area (Å²) in [7, 11) is 0. The summed E-state index contributed by atoms with van der Waals surface area (Å²) in [6.45, 7) is 8.41. The van der Waals surface area contributed by atoms with Crippen molar-refractivity contribution in [3.63, 3.8) is 0 Å². The summed E-state index contributed by atoms with van der Waals surface area (Å²) in [5, 5.41) is 3.81. The molecule has 0 aliphatic heterocycles. The fraction of sp³-hybridized carbons (Fsp3) is 0.471. The molecule has 0 saturated carbocycles. The zero-order valence-corrected chi connectivity index (χ0v) is 17.4. The van der Waals surface area contributed by atoms with Crippen LogP contribution in [0.1, 0.15) is 39.2 Å². The van der Waals surface area contributed by atoms with E-state index in [1.807, 2.05) is 27.7 Å². The largest absolute Gasteiger partial charge is 0.489 e. The van der Waals surface area contributed by atoms with Gasteiger partial charge in [0.2, 0.25) is 0 Å². The molecule has 0 atom stereocenters. The van der Waals surface area contributed by atoms with Crippen molar-refractivity contribution in [3.05, 3.63) is 33.0 Å². The van der Waals surface area contributed by atoms with E-state index < -0.39 is 5.82 Å². The Bertz CT molecular complexity index is 596. The number of rotatable bonds is 9. The Kier molecular flexibility index (Phi) is 9.36. The normalized spacial score (nSPS) is 10.3. The minimum absolute atomic E-state index is 0.0910. The van der Waals surface area contributed by atoms with Crippen molar-refractivity contribution in [2.75, 3.05) is 19.8 Å². The van der Waals surface area contributed by atoms with Gasteiger partial charge in [0.1, 0.15) is 19.0 Å².